The van der Waals surface area contributed by atoms with Gasteiger partial charge in [-0.2, -0.15) is 0 Å². The normalized spacial score (nSPS) is 10.9. The number of rotatable bonds is 8. The molecule has 3 N–H and O–H groups in total. The molecule has 1 amide bonds. The molecule has 0 saturated heterocycles. The highest BCUT2D eigenvalue weighted by atomic mass is 79.9. The molecule has 0 unspecified atom stereocenters. The van der Waals surface area contributed by atoms with Crippen molar-refractivity contribution in [3.8, 4) is 0 Å². The number of carbonyl (C=O) groups is 1. The molecule has 2 aromatic rings. The number of amides is 1. The molecule has 0 aliphatic rings. The number of pyridine rings is 1. The number of nitrogen functional groups attached to an aromatic ring is 1. The lowest BCUT2D eigenvalue weighted by Gasteiger charge is -2.24. The molecule has 0 aromatic carbocycles. The summed E-state index contributed by atoms with van der Waals surface area (Å²) in [5, 5.41) is 0.0176. The molecule has 0 spiro atoms. The van der Waals surface area contributed by atoms with E-state index in [0.29, 0.717) is 23.9 Å². The predicted molar refractivity (Wildman–Crippen MR) is 114 cm³/mol. The Kier molecular flexibility index (Phi) is 7.82. The SMILES string of the molecule is CCCCN(C(=O)c1cc(Br)cnc1Cl)c1c(N)n(CCCC)c(=O)[nH]c1=O. The molecule has 0 atom stereocenters. The van der Waals surface area contributed by atoms with Gasteiger partial charge >= 0.3 is 5.69 Å². The Morgan fingerprint density at radius 2 is 2.00 bits per heavy atom. The standard InChI is InChI=1S/C18H23BrClN5O3/c1-3-5-7-24(17(27)12-9-11(19)10-22-14(12)20)13-15(21)25(8-6-4-2)18(28)23-16(13)26/h9-10H,3-8,21H2,1-2H3,(H,23,26,28). The lowest BCUT2D eigenvalue weighted by Crippen LogP contribution is -2.41. The molecule has 0 aliphatic carbocycles. The zero-order chi connectivity index (χ0) is 20.8. The number of anilines is 2. The molecule has 0 bridgehead atoms. The zero-order valence-corrected chi connectivity index (χ0v) is 18.1. The van der Waals surface area contributed by atoms with E-state index in [1.54, 1.807) is 0 Å². The van der Waals surface area contributed by atoms with Gasteiger partial charge in [-0.15, -0.1) is 0 Å². The maximum absolute atomic E-state index is 13.2. The molecule has 0 aliphatic heterocycles. The van der Waals surface area contributed by atoms with Crippen LogP contribution in [-0.4, -0.2) is 27.0 Å². The number of hydrogen-bond acceptors (Lipinski definition) is 5. The molecule has 0 saturated carbocycles. The van der Waals surface area contributed by atoms with Crippen molar-refractivity contribution in [1.29, 1.82) is 0 Å². The van der Waals surface area contributed by atoms with Crippen LogP contribution in [-0.2, 0) is 6.54 Å². The van der Waals surface area contributed by atoms with E-state index in [4.69, 9.17) is 17.3 Å². The van der Waals surface area contributed by atoms with Gasteiger partial charge in [0.25, 0.3) is 11.5 Å². The van der Waals surface area contributed by atoms with Crippen LogP contribution in [0.5, 0.6) is 0 Å². The first-order chi connectivity index (χ1) is 13.3. The van der Waals surface area contributed by atoms with Crippen LogP contribution < -0.4 is 21.9 Å². The number of hydrogen-bond donors (Lipinski definition) is 2. The van der Waals surface area contributed by atoms with E-state index in [1.807, 2.05) is 13.8 Å². The minimum absolute atomic E-state index is 0.0176. The Bertz CT molecular complexity index is 973. The molecule has 10 heteroatoms. The van der Waals surface area contributed by atoms with Crippen LogP contribution in [0, 0.1) is 0 Å². The quantitative estimate of drug-likeness (QED) is 0.573. The van der Waals surface area contributed by atoms with Crippen molar-refractivity contribution >= 4 is 44.9 Å². The van der Waals surface area contributed by atoms with Crippen LogP contribution in [0.1, 0.15) is 49.9 Å². The van der Waals surface area contributed by atoms with Gasteiger partial charge in [-0.05, 0) is 34.8 Å². The summed E-state index contributed by atoms with van der Waals surface area (Å²) in [5.74, 6) is -0.545. The monoisotopic (exact) mass is 471 g/mol. The van der Waals surface area contributed by atoms with Crippen LogP contribution in [0.15, 0.2) is 26.3 Å². The minimum Gasteiger partial charge on any atom is -0.383 e. The average Bonchev–Trinajstić information content (AvgIpc) is 2.65. The topological polar surface area (TPSA) is 114 Å². The second kappa shape index (κ2) is 9.88. The van der Waals surface area contributed by atoms with Crippen LogP contribution >= 0.6 is 27.5 Å². The fourth-order valence-electron chi connectivity index (χ4n) is 2.73. The van der Waals surface area contributed by atoms with Crippen LogP contribution in [0.25, 0.3) is 0 Å². The molecule has 0 radical (unpaired) electrons. The minimum atomic E-state index is -0.709. The average molecular weight is 473 g/mol. The second-order valence-corrected chi connectivity index (χ2v) is 7.57. The summed E-state index contributed by atoms with van der Waals surface area (Å²) >= 11 is 9.38. The summed E-state index contributed by atoms with van der Waals surface area (Å²) in [5.41, 5.74) is 4.96. The summed E-state index contributed by atoms with van der Waals surface area (Å²) in [6, 6.07) is 1.54. The number of nitrogens with zero attached hydrogens (tertiary/aromatic N) is 3. The van der Waals surface area contributed by atoms with Gasteiger partial charge in [-0.25, -0.2) is 9.78 Å². The molecule has 2 aromatic heterocycles. The van der Waals surface area contributed by atoms with Crippen molar-refractivity contribution < 1.29 is 4.79 Å². The molecule has 0 fully saturated rings. The first-order valence-corrected chi connectivity index (χ1v) is 10.2. The zero-order valence-electron chi connectivity index (χ0n) is 15.8. The third-order valence-electron chi connectivity index (χ3n) is 4.24. The molecular weight excluding hydrogens is 450 g/mol. The van der Waals surface area contributed by atoms with E-state index < -0.39 is 17.2 Å². The molecule has 8 nitrogen and oxygen atoms in total. The van der Waals surface area contributed by atoms with Crippen molar-refractivity contribution in [3.05, 3.63) is 48.3 Å². The maximum atomic E-state index is 13.2. The third kappa shape index (κ3) is 4.82. The first-order valence-electron chi connectivity index (χ1n) is 9.07. The van der Waals surface area contributed by atoms with E-state index in [-0.39, 0.29) is 28.8 Å². The Balaban J connectivity index is 2.63. The van der Waals surface area contributed by atoms with E-state index in [2.05, 4.69) is 25.9 Å². The van der Waals surface area contributed by atoms with Crippen LogP contribution in [0.4, 0.5) is 11.5 Å². The third-order valence-corrected chi connectivity index (χ3v) is 4.97. The number of aromatic amines is 1. The highest BCUT2D eigenvalue weighted by Crippen LogP contribution is 2.24. The number of unbranched alkanes of at least 4 members (excludes halogenated alkanes) is 2. The van der Waals surface area contributed by atoms with Crippen molar-refractivity contribution in [2.75, 3.05) is 17.2 Å². The summed E-state index contributed by atoms with van der Waals surface area (Å²) in [4.78, 5) is 45.5. The summed E-state index contributed by atoms with van der Waals surface area (Å²) in [6.45, 7) is 4.54. The Morgan fingerprint density at radius 3 is 2.64 bits per heavy atom. The Morgan fingerprint density at radius 1 is 1.32 bits per heavy atom. The molecular formula is C18H23BrClN5O3. The molecule has 2 heterocycles. The van der Waals surface area contributed by atoms with Crippen molar-refractivity contribution in [2.45, 2.75) is 46.1 Å². The number of H-pyrrole nitrogens is 1. The van der Waals surface area contributed by atoms with E-state index in [0.717, 1.165) is 12.8 Å². The lowest BCUT2D eigenvalue weighted by atomic mass is 10.2. The van der Waals surface area contributed by atoms with Crippen molar-refractivity contribution in [3.63, 3.8) is 0 Å². The van der Waals surface area contributed by atoms with Gasteiger partial charge in [0, 0.05) is 23.8 Å². The first kappa shape index (κ1) is 22.2. The maximum Gasteiger partial charge on any atom is 0.330 e. The van der Waals surface area contributed by atoms with Gasteiger partial charge in [-0.3, -0.25) is 19.1 Å². The molecule has 28 heavy (non-hydrogen) atoms. The summed E-state index contributed by atoms with van der Waals surface area (Å²) in [7, 11) is 0. The van der Waals surface area contributed by atoms with Gasteiger partial charge in [0.1, 0.15) is 11.0 Å². The fourth-order valence-corrected chi connectivity index (χ4v) is 3.24. The molecule has 152 valence electrons. The Labute approximate surface area is 175 Å². The summed E-state index contributed by atoms with van der Waals surface area (Å²) in [6.07, 6.45) is 4.46. The highest BCUT2D eigenvalue weighted by Gasteiger charge is 2.26. The lowest BCUT2D eigenvalue weighted by molar-refractivity contribution is 0.0986. The van der Waals surface area contributed by atoms with Crippen LogP contribution in [0.2, 0.25) is 5.15 Å². The van der Waals surface area contributed by atoms with E-state index in [9.17, 15) is 14.4 Å². The number of carbonyl (C=O) groups excluding carboxylic acids is 1. The largest absolute Gasteiger partial charge is 0.383 e. The van der Waals surface area contributed by atoms with Gasteiger partial charge in [0.15, 0.2) is 5.69 Å². The van der Waals surface area contributed by atoms with Gasteiger partial charge in [0.05, 0.1) is 5.56 Å². The van der Waals surface area contributed by atoms with Crippen molar-refractivity contribution in [1.82, 2.24) is 14.5 Å². The highest BCUT2D eigenvalue weighted by molar-refractivity contribution is 9.10. The van der Waals surface area contributed by atoms with E-state index in [1.165, 1.54) is 21.7 Å². The van der Waals surface area contributed by atoms with E-state index >= 15 is 0 Å². The second-order valence-electron chi connectivity index (χ2n) is 6.30. The summed E-state index contributed by atoms with van der Waals surface area (Å²) < 4.78 is 1.86. The fraction of sp³-hybridized carbons (Fsp3) is 0.444. The number of halogens is 2. The van der Waals surface area contributed by atoms with Crippen molar-refractivity contribution in [2.24, 2.45) is 0 Å². The number of nitrogens with two attached hydrogens (primary N) is 1. The molecule has 2 rings (SSSR count). The smallest absolute Gasteiger partial charge is 0.330 e. The predicted octanol–water partition coefficient (Wildman–Crippen LogP) is 3.18. The van der Waals surface area contributed by atoms with Crippen LogP contribution in [0.3, 0.4) is 0 Å². The van der Waals surface area contributed by atoms with Gasteiger partial charge < -0.3 is 10.6 Å². The number of nitrogens with one attached hydrogen (secondary N) is 1. The van der Waals surface area contributed by atoms with Gasteiger partial charge in [-0.1, -0.05) is 38.3 Å². The number of aromatic nitrogens is 3. The van der Waals surface area contributed by atoms with Gasteiger partial charge in [0.2, 0.25) is 0 Å². The Hall–Kier alpha value is -2.13.